The number of rotatable bonds is 24. The molecule has 0 fully saturated rings. The van der Waals surface area contributed by atoms with Crippen LogP contribution < -0.4 is 37.9 Å². The van der Waals surface area contributed by atoms with Gasteiger partial charge in [-0.15, -0.1) is 0 Å². The third-order valence-corrected chi connectivity index (χ3v) is 18.1. The van der Waals surface area contributed by atoms with E-state index in [0.717, 1.165) is 56.0 Å². The van der Waals surface area contributed by atoms with Crippen molar-refractivity contribution in [3.63, 3.8) is 0 Å². The molecule has 16 heteroatoms. The molecule has 0 bridgehead atoms. The summed E-state index contributed by atoms with van der Waals surface area (Å²) in [5.74, 6) is 0.498. The van der Waals surface area contributed by atoms with Crippen LogP contribution >= 0.6 is 0 Å². The number of ketones is 2. The Kier molecular flexibility index (Phi) is 24.3. The maximum absolute atomic E-state index is 13.2. The van der Waals surface area contributed by atoms with Crippen molar-refractivity contribution in [1.29, 1.82) is 0 Å². The average Bonchev–Trinajstić information content (AvgIpc) is 0.791. The van der Waals surface area contributed by atoms with Gasteiger partial charge in [-0.3, -0.25) is 9.59 Å². The summed E-state index contributed by atoms with van der Waals surface area (Å²) in [5.41, 5.74) is 11.9. The van der Waals surface area contributed by atoms with E-state index in [-0.39, 0.29) is 33.7 Å². The Hall–Kier alpha value is -13.6. The maximum atomic E-state index is 13.2. The third-order valence-electron chi connectivity index (χ3n) is 18.1. The Balaban J connectivity index is 0.000000215. The topological polar surface area (TPSA) is 210 Å². The van der Waals surface area contributed by atoms with Crippen molar-refractivity contribution in [2.24, 2.45) is 0 Å². The van der Waals surface area contributed by atoms with Crippen molar-refractivity contribution in [2.45, 2.75) is 66.2 Å². The van der Waals surface area contributed by atoms with Gasteiger partial charge in [-0.05, 0) is 229 Å². The highest BCUT2D eigenvalue weighted by Gasteiger charge is 2.26. The molecule has 108 heavy (non-hydrogen) atoms. The van der Waals surface area contributed by atoms with Crippen molar-refractivity contribution < 1.29 is 76.3 Å². The number of benzene rings is 12. The van der Waals surface area contributed by atoms with Gasteiger partial charge in [0, 0.05) is 29.4 Å². The first-order valence-corrected chi connectivity index (χ1v) is 34.6. The largest absolute Gasteiger partial charge is 0.497 e. The second kappa shape index (κ2) is 34.8. The first-order chi connectivity index (χ1) is 52.1. The number of Topliss-reactive ketones (excluding diaryl/α,β-unsaturated/α-hetero) is 2. The number of ether oxygens (including phenoxy) is 8. The Morgan fingerprint density at radius 3 is 0.861 bits per heavy atom. The Morgan fingerprint density at radius 1 is 0.269 bits per heavy atom. The van der Waals surface area contributed by atoms with Gasteiger partial charge in [-0.25, -0.2) is 28.8 Å². The molecule has 12 rings (SSSR count). The molecule has 0 aliphatic carbocycles. The third kappa shape index (κ3) is 19.4. The number of carbonyl (C=O) groups is 8. The van der Waals surface area contributed by atoms with E-state index in [1.807, 2.05) is 123 Å². The van der Waals surface area contributed by atoms with E-state index < -0.39 is 35.8 Å². The standard InChI is InChI=1S/C48H42O8.C44H34O8/c1-30-27-39(19-25-43(30)53-6)48(4,5)40-20-26-44(31(2)28-40)56-47(52)38-17-15-37(16-18-38)46(51)55-42-23-9-34(10-24-42)29-33-7-21-41(22-8-33)54-45(50)36-13-11-35(12-14-36)32(3)49;1-29(45)31-17-19-32(20-18-31)42(46)51-40-13-7-4-10-36(40)28-37-11-5-8-14-41(37)52-44(48)34-23-21-33(22-24-34)43(47)50-39-12-6-3-9-35(39)27-30-15-25-38(49-2)26-16-30/h7-28H,29H2,1-6H3;3-26H,27-28H2,1-2H3. The zero-order chi connectivity index (χ0) is 76.4. The van der Waals surface area contributed by atoms with Crippen LogP contribution in [0.15, 0.2) is 279 Å². The summed E-state index contributed by atoms with van der Waals surface area (Å²) in [6, 6.07) is 80.5. The summed E-state index contributed by atoms with van der Waals surface area (Å²) in [6.45, 7) is 11.2. The second-order valence-electron chi connectivity index (χ2n) is 26.0. The van der Waals surface area contributed by atoms with Crippen molar-refractivity contribution in [3.8, 4) is 46.0 Å². The smallest absolute Gasteiger partial charge is 0.343 e. The van der Waals surface area contributed by atoms with Crippen LogP contribution in [0.1, 0.15) is 166 Å². The van der Waals surface area contributed by atoms with Crippen molar-refractivity contribution in [1.82, 2.24) is 0 Å². The highest BCUT2D eigenvalue weighted by Crippen LogP contribution is 2.37. The molecule has 12 aromatic rings. The molecule has 0 saturated heterocycles. The van der Waals surface area contributed by atoms with Crippen LogP contribution in [-0.2, 0) is 24.7 Å². The van der Waals surface area contributed by atoms with Gasteiger partial charge in [0.25, 0.3) is 0 Å². The molecule has 0 aromatic heterocycles. The van der Waals surface area contributed by atoms with Gasteiger partial charge in [0.05, 0.1) is 47.6 Å². The predicted octanol–water partition coefficient (Wildman–Crippen LogP) is 18.8. The van der Waals surface area contributed by atoms with E-state index in [1.54, 1.807) is 136 Å². The summed E-state index contributed by atoms with van der Waals surface area (Å²) in [4.78, 5) is 101. The maximum Gasteiger partial charge on any atom is 0.343 e. The molecule has 0 aliphatic rings. The van der Waals surface area contributed by atoms with Crippen LogP contribution in [0.4, 0.5) is 0 Å². The fraction of sp³-hybridized carbons (Fsp3) is 0.130. The summed E-state index contributed by atoms with van der Waals surface area (Å²) in [7, 11) is 3.28. The highest BCUT2D eigenvalue weighted by atomic mass is 16.6. The normalized spacial score (nSPS) is 10.8. The van der Waals surface area contributed by atoms with Crippen LogP contribution in [-0.4, -0.2) is 61.6 Å². The molecule has 0 N–H and O–H groups in total. The van der Waals surface area contributed by atoms with E-state index >= 15 is 0 Å². The molecular weight excluding hydrogens is 1360 g/mol. The second-order valence-corrected chi connectivity index (χ2v) is 26.0. The summed E-state index contributed by atoms with van der Waals surface area (Å²) in [6.07, 6.45) is 1.48. The molecule has 0 atom stereocenters. The number of methoxy groups -OCH3 is 2. The van der Waals surface area contributed by atoms with Crippen LogP contribution in [0.5, 0.6) is 46.0 Å². The lowest BCUT2D eigenvalue weighted by molar-refractivity contribution is 0.0719. The summed E-state index contributed by atoms with van der Waals surface area (Å²) in [5, 5.41) is 0. The Morgan fingerprint density at radius 2 is 0.546 bits per heavy atom. The number of para-hydroxylation sites is 3. The molecule has 0 unspecified atom stereocenters. The first kappa shape index (κ1) is 75.6. The van der Waals surface area contributed by atoms with Crippen LogP contribution in [0.2, 0.25) is 0 Å². The number of hydrogen-bond donors (Lipinski definition) is 0. The molecule has 540 valence electrons. The molecule has 16 nitrogen and oxygen atoms in total. The molecule has 0 spiro atoms. The van der Waals surface area contributed by atoms with E-state index in [1.165, 1.54) is 50.2 Å². The SMILES string of the molecule is COc1ccc(C(C)(C)c2ccc(OC(=O)c3ccc(C(=O)Oc4ccc(Cc5ccc(OC(=O)c6ccc(C(C)=O)cc6)cc5)cc4)cc3)c(C)c2)cc1C.COc1ccc(Cc2ccccc2OC(=O)c2ccc(C(=O)Oc3ccccc3Cc3ccccc3OC(=O)c3ccc(C(C)=O)cc3)cc2)cc1. The zero-order valence-corrected chi connectivity index (χ0v) is 60.7. The fourth-order valence-corrected chi connectivity index (χ4v) is 11.7. The molecule has 0 saturated carbocycles. The van der Waals surface area contributed by atoms with Gasteiger partial charge < -0.3 is 37.9 Å². The highest BCUT2D eigenvalue weighted by molar-refractivity contribution is 5.99. The van der Waals surface area contributed by atoms with Crippen molar-refractivity contribution >= 4 is 47.4 Å². The van der Waals surface area contributed by atoms with Gasteiger partial charge in [0.2, 0.25) is 0 Å². The lowest BCUT2D eigenvalue weighted by Gasteiger charge is -2.27. The van der Waals surface area contributed by atoms with Gasteiger partial charge in [0.15, 0.2) is 11.6 Å². The minimum atomic E-state index is -0.606. The van der Waals surface area contributed by atoms with Crippen molar-refractivity contribution in [3.05, 3.63) is 379 Å². The molecule has 0 aliphatic heterocycles. The average molecular weight is 1440 g/mol. The van der Waals surface area contributed by atoms with Crippen molar-refractivity contribution in [2.75, 3.05) is 14.2 Å². The van der Waals surface area contributed by atoms with Crippen LogP contribution in [0.3, 0.4) is 0 Å². The van der Waals surface area contributed by atoms with E-state index in [0.29, 0.717) is 92.7 Å². The minimum absolute atomic E-state index is 0.0741. The Bertz CT molecular complexity index is 5270. The zero-order valence-electron chi connectivity index (χ0n) is 60.7. The number of carbonyl (C=O) groups excluding carboxylic acids is 8. The lowest BCUT2D eigenvalue weighted by Crippen LogP contribution is -2.19. The molecular formula is C92H76O16. The molecule has 0 heterocycles. The Labute approximate surface area is 626 Å². The number of aryl methyl sites for hydroxylation is 2. The molecule has 0 amide bonds. The minimum Gasteiger partial charge on any atom is -0.497 e. The van der Waals surface area contributed by atoms with Crippen LogP contribution in [0.25, 0.3) is 0 Å². The number of hydrogen-bond acceptors (Lipinski definition) is 16. The van der Waals surface area contributed by atoms with E-state index in [9.17, 15) is 38.4 Å². The fourth-order valence-electron chi connectivity index (χ4n) is 11.7. The van der Waals surface area contributed by atoms with Gasteiger partial charge >= 0.3 is 35.8 Å². The van der Waals surface area contributed by atoms with E-state index in [4.69, 9.17) is 37.9 Å². The van der Waals surface area contributed by atoms with Gasteiger partial charge in [0.1, 0.15) is 46.0 Å². The quantitative estimate of drug-likeness (QED) is 0.0313. The summed E-state index contributed by atoms with van der Waals surface area (Å²) >= 11 is 0. The number of esters is 6. The van der Waals surface area contributed by atoms with Gasteiger partial charge in [-0.2, -0.15) is 0 Å². The monoisotopic (exact) mass is 1440 g/mol. The van der Waals surface area contributed by atoms with E-state index in [2.05, 4.69) is 26.0 Å². The molecule has 0 radical (unpaired) electrons. The lowest BCUT2D eigenvalue weighted by atomic mass is 9.77. The summed E-state index contributed by atoms with van der Waals surface area (Å²) < 4.78 is 44.8. The van der Waals surface area contributed by atoms with Crippen LogP contribution in [0, 0.1) is 13.8 Å². The molecule has 12 aromatic carbocycles. The predicted molar refractivity (Wildman–Crippen MR) is 410 cm³/mol. The first-order valence-electron chi connectivity index (χ1n) is 34.6. The van der Waals surface area contributed by atoms with Gasteiger partial charge in [-0.1, -0.05) is 153 Å².